The summed E-state index contributed by atoms with van der Waals surface area (Å²) in [5.74, 6) is 0. The van der Waals surface area contributed by atoms with Gasteiger partial charge in [0.25, 0.3) is 8.32 Å². The number of rotatable bonds is 10. The summed E-state index contributed by atoms with van der Waals surface area (Å²) in [6.45, 7) is 14.7. The average molecular weight is 637 g/mol. The van der Waals surface area contributed by atoms with Crippen LogP contribution in [0.5, 0.6) is 0 Å². The largest absolute Gasteiger partial charge is 0.404 e. The fourth-order valence-corrected chi connectivity index (χ4v) is 12.0. The molecule has 0 amide bonds. The molecule has 0 radical (unpaired) electrons. The highest BCUT2D eigenvalue weighted by Crippen LogP contribution is 2.40. The Morgan fingerprint density at radius 2 is 1.51 bits per heavy atom. The van der Waals surface area contributed by atoms with E-state index in [2.05, 4.69) is 111 Å². The van der Waals surface area contributed by atoms with Crippen molar-refractivity contribution in [2.24, 2.45) is 0 Å². The van der Waals surface area contributed by atoms with Crippen LogP contribution in [0.2, 0.25) is 36.0 Å². The summed E-state index contributed by atoms with van der Waals surface area (Å²) in [6, 6.07) is 22.6. The van der Waals surface area contributed by atoms with Gasteiger partial charge in [-0.15, -0.1) is 0 Å². The number of imidazole rings is 1. The van der Waals surface area contributed by atoms with Crippen molar-refractivity contribution in [3.05, 3.63) is 82.6 Å². The van der Waals surface area contributed by atoms with Crippen LogP contribution in [0.4, 0.5) is 0 Å². The second-order valence-corrected chi connectivity index (χ2v) is 24.2. The van der Waals surface area contributed by atoms with E-state index < -0.39 is 16.4 Å². The zero-order valence-corrected chi connectivity index (χ0v) is 29.1. The number of hydrogen-bond donors (Lipinski definition) is 0. The zero-order chi connectivity index (χ0) is 30.8. The first-order valence-electron chi connectivity index (χ1n) is 15.4. The third-order valence-electron chi connectivity index (χ3n) is 8.66. The molecular formula is C33H45ClN4O3Si2. The maximum absolute atomic E-state index is 13.8. The van der Waals surface area contributed by atoms with Gasteiger partial charge in [0, 0.05) is 26.8 Å². The Hall–Kier alpha value is -2.57. The molecule has 1 aliphatic rings. The first kappa shape index (κ1) is 31.8. The van der Waals surface area contributed by atoms with E-state index in [1.54, 1.807) is 10.8 Å². The lowest BCUT2D eigenvalue weighted by Gasteiger charge is -2.46. The lowest BCUT2D eigenvalue weighted by molar-refractivity contribution is 0.0858. The first-order chi connectivity index (χ1) is 20.4. The minimum atomic E-state index is -2.65. The monoisotopic (exact) mass is 636 g/mol. The normalized spacial score (nSPS) is 18.3. The molecule has 0 bridgehead atoms. The molecule has 7 nitrogen and oxygen atoms in total. The Balaban J connectivity index is 1.41. The highest BCUT2D eigenvalue weighted by atomic mass is 35.5. The molecule has 10 heteroatoms. The predicted molar refractivity (Wildman–Crippen MR) is 181 cm³/mol. The third-order valence-corrected chi connectivity index (χ3v) is 15.6. The Bertz CT molecular complexity index is 1530. The molecule has 0 N–H and O–H groups in total. The summed E-state index contributed by atoms with van der Waals surface area (Å²) in [5.41, 5.74) is 1.12. The number of halogens is 1. The zero-order valence-electron chi connectivity index (χ0n) is 26.3. The van der Waals surface area contributed by atoms with E-state index >= 15 is 0 Å². The van der Waals surface area contributed by atoms with Crippen molar-refractivity contribution in [3.8, 4) is 0 Å². The van der Waals surface area contributed by atoms with Gasteiger partial charge in [0.05, 0.1) is 6.20 Å². The topological polar surface area (TPSA) is 71.2 Å². The minimum absolute atomic E-state index is 0.00297. The van der Waals surface area contributed by atoms with Gasteiger partial charge in [-0.25, -0.2) is 9.78 Å². The van der Waals surface area contributed by atoms with Gasteiger partial charge in [0.1, 0.15) is 12.2 Å². The van der Waals surface area contributed by atoms with Gasteiger partial charge in [-0.3, -0.25) is 9.13 Å². The SMILES string of the molecule is CC(C)(C)[Si](O[C@H]1CC[C@H](n2c(=O)n(COCC[Si](C)(C)C)c3cnc(Cl)nc32)CC1)(c1ccccc1)c1ccccc1. The number of benzene rings is 2. The molecule has 5 rings (SSSR count). The number of fused-ring (bicyclic) bond motifs is 1. The van der Waals surface area contributed by atoms with Crippen molar-refractivity contribution < 1.29 is 9.16 Å². The molecule has 43 heavy (non-hydrogen) atoms. The molecule has 230 valence electrons. The molecular weight excluding hydrogens is 592 g/mol. The fraction of sp³-hybridized carbons (Fsp3) is 0.485. The van der Waals surface area contributed by atoms with Crippen LogP contribution in [0.25, 0.3) is 11.2 Å². The summed E-state index contributed by atoms with van der Waals surface area (Å²) in [6.07, 6.45) is 5.09. The summed E-state index contributed by atoms with van der Waals surface area (Å²) in [5, 5.41) is 2.63. The lowest BCUT2D eigenvalue weighted by atomic mass is 9.93. The molecule has 0 unspecified atom stereocenters. The van der Waals surface area contributed by atoms with Crippen LogP contribution < -0.4 is 16.1 Å². The molecule has 0 spiro atoms. The van der Waals surface area contributed by atoms with E-state index in [1.807, 2.05) is 4.57 Å². The highest BCUT2D eigenvalue weighted by molar-refractivity contribution is 6.99. The fourth-order valence-electron chi connectivity index (χ4n) is 6.39. The third kappa shape index (κ3) is 6.76. The molecule has 1 fully saturated rings. The van der Waals surface area contributed by atoms with E-state index in [1.165, 1.54) is 10.4 Å². The van der Waals surface area contributed by atoms with Crippen LogP contribution in [-0.4, -0.2) is 48.2 Å². The van der Waals surface area contributed by atoms with Crippen LogP contribution in [0.1, 0.15) is 52.5 Å². The van der Waals surface area contributed by atoms with Crippen LogP contribution in [0, 0.1) is 0 Å². The molecule has 2 heterocycles. The smallest absolute Gasteiger partial charge is 0.332 e. The Kier molecular flexibility index (Phi) is 9.49. The van der Waals surface area contributed by atoms with Crippen molar-refractivity contribution >= 4 is 49.5 Å². The Labute approximate surface area is 262 Å². The molecule has 2 aromatic carbocycles. The van der Waals surface area contributed by atoms with Crippen LogP contribution >= 0.6 is 11.6 Å². The van der Waals surface area contributed by atoms with Crippen molar-refractivity contribution in [3.63, 3.8) is 0 Å². The van der Waals surface area contributed by atoms with Gasteiger partial charge in [-0.05, 0) is 58.7 Å². The summed E-state index contributed by atoms with van der Waals surface area (Å²) in [7, 11) is -3.89. The first-order valence-corrected chi connectivity index (χ1v) is 21.4. The summed E-state index contributed by atoms with van der Waals surface area (Å²) >= 11 is 6.23. The van der Waals surface area contributed by atoms with Crippen molar-refractivity contribution in [1.29, 1.82) is 0 Å². The molecule has 0 atom stereocenters. The number of nitrogens with zero attached hydrogens (tertiary/aromatic N) is 4. The lowest BCUT2D eigenvalue weighted by Crippen LogP contribution is -2.67. The molecule has 4 aromatic rings. The molecule has 1 saturated carbocycles. The van der Waals surface area contributed by atoms with Crippen LogP contribution in [0.15, 0.2) is 71.7 Å². The van der Waals surface area contributed by atoms with E-state index in [9.17, 15) is 4.79 Å². The van der Waals surface area contributed by atoms with E-state index in [-0.39, 0.29) is 34.9 Å². The van der Waals surface area contributed by atoms with Gasteiger partial charge in [-0.1, -0.05) is 101 Å². The van der Waals surface area contributed by atoms with Crippen molar-refractivity contribution in [2.45, 2.75) is 96.1 Å². The van der Waals surface area contributed by atoms with Crippen molar-refractivity contribution in [1.82, 2.24) is 19.1 Å². The second kappa shape index (κ2) is 12.8. The van der Waals surface area contributed by atoms with Gasteiger partial charge in [0.15, 0.2) is 5.65 Å². The minimum Gasteiger partial charge on any atom is -0.404 e. The highest BCUT2D eigenvalue weighted by Gasteiger charge is 2.51. The molecule has 1 aliphatic carbocycles. The van der Waals surface area contributed by atoms with E-state index in [0.29, 0.717) is 17.8 Å². The van der Waals surface area contributed by atoms with E-state index in [0.717, 1.165) is 31.7 Å². The molecule has 2 aromatic heterocycles. The van der Waals surface area contributed by atoms with E-state index in [4.69, 9.17) is 20.8 Å². The second-order valence-electron chi connectivity index (χ2n) is 14.0. The Morgan fingerprint density at radius 3 is 2.05 bits per heavy atom. The average Bonchev–Trinajstić information content (AvgIpc) is 3.24. The molecule has 0 aliphatic heterocycles. The number of aromatic nitrogens is 4. The standard InChI is InChI=1S/C33H45ClN4O3Si2/c1-33(2,3)43(27-13-9-7-10-14-27,28-15-11-8-12-16-28)41-26-19-17-25(18-20-26)38-30-29(23-35-31(34)36-30)37(32(38)39)24-40-21-22-42(4,5)6/h7-16,23,25-26H,17-22,24H2,1-6H3/t25-,26-. The molecule has 0 saturated heterocycles. The van der Waals surface area contributed by atoms with Crippen molar-refractivity contribution in [2.75, 3.05) is 6.61 Å². The summed E-state index contributed by atoms with van der Waals surface area (Å²) < 4.78 is 16.9. The number of hydrogen-bond acceptors (Lipinski definition) is 5. The van der Waals surface area contributed by atoms with Gasteiger partial charge in [-0.2, -0.15) is 4.98 Å². The van der Waals surface area contributed by atoms with Gasteiger partial charge >= 0.3 is 5.69 Å². The van der Waals surface area contributed by atoms with Crippen LogP contribution in [-0.2, 0) is 15.9 Å². The quantitative estimate of drug-likeness (QED) is 0.111. The van der Waals surface area contributed by atoms with Crippen LogP contribution in [0.3, 0.4) is 0 Å². The summed E-state index contributed by atoms with van der Waals surface area (Å²) in [4.78, 5) is 22.5. The predicted octanol–water partition coefficient (Wildman–Crippen LogP) is 6.62. The maximum atomic E-state index is 13.8. The van der Waals surface area contributed by atoms with Gasteiger partial charge < -0.3 is 9.16 Å². The van der Waals surface area contributed by atoms with Gasteiger partial charge in [0.2, 0.25) is 5.28 Å². The Morgan fingerprint density at radius 1 is 0.930 bits per heavy atom. The number of ether oxygens (including phenoxy) is 1. The maximum Gasteiger partial charge on any atom is 0.332 e.